The van der Waals surface area contributed by atoms with Crippen LogP contribution in [-0.2, 0) is 29.2 Å². The molecule has 0 radical (unpaired) electrons. The molecule has 1 saturated heterocycles. The largest absolute Gasteiger partial charge is 0.462 e. The number of primary sulfonamides is 1. The summed E-state index contributed by atoms with van der Waals surface area (Å²) in [5.74, 6) is -2.33. The van der Waals surface area contributed by atoms with Gasteiger partial charge in [0, 0.05) is 6.54 Å². The first kappa shape index (κ1) is 21.1. The molecule has 0 unspecified atom stereocenters. The van der Waals surface area contributed by atoms with Gasteiger partial charge in [-0.25, -0.2) is 32.4 Å². The number of hydrogen-bond donors (Lipinski definition) is 2. The summed E-state index contributed by atoms with van der Waals surface area (Å²) in [5, 5.41) is 7.94. The third-order valence-electron chi connectivity index (χ3n) is 3.93. The molecule has 0 aromatic heterocycles. The van der Waals surface area contributed by atoms with Gasteiger partial charge in [-0.15, -0.1) is 0 Å². The molecule has 0 aromatic carbocycles. The van der Waals surface area contributed by atoms with Crippen LogP contribution in [0.4, 0.5) is 9.18 Å². The molecule has 2 heterocycles. The lowest BCUT2D eigenvalue weighted by molar-refractivity contribution is -0.223. The number of nitrogens with two attached hydrogens (primary N) is 1. The van der Waals surface area contributed by atoms with Crippen molar-refractivity contribution in [2.75, 3.05) is 25.4 Å². The molecule has 13 heteroatoms. The van der Waals surface area contributed by atoms with Crippen LogP contribution in [0.2, 0.25) is 0 Å². The van der Waals surface area contributed by atoms with Crippen molar-refractivity contribution < 1.29 is 36.8 Å². The Morgan fingerprint density at radius 2 is 2.15 bits per heavy atom. The zero-order valence-electron chi connectivity index (χ0n) is 14.8. The van der Waals surface area contributed by atoms with E-state index < -0.39 is 52.1 Å². The van der Waals surface area contributed by atoms with Gasteiger partial charge in [0.2, 0.25) is 15.9 Å². The van der Waals surface area contributed by atoms with Gasteiger partial charge >= 0.3 is 18.4 Å². The molecule has 2 aliphatic heterocycles. The normalized spacial score (nSPS) is 23.1. The van der Waals surface area contributed by atoms with Gasteiger partial charge in [-0.3, -0.25) is 4.79 Å². The van der Waals surface area contributed by atoms with Gasteiger partial charge in [-0.05, 0) is 19.4 Å². The molecule has 3 N–H and O–H groups in total. The predicted molar refractivity (Wildman–Crippen MR) is 88.9 cm³/mol. The fourth-order valence-corrected chi connectivity index (χ4v) is 3.22. The molecule has 0 aromatic rings. The number of esters is 1. The maximum Gasteiger partial charge on any atom is 0.370 e. The van der Waals surface area contributed by atoms with E-state index in [-0.39, 0.29) is 19.7 Å². The first-order valence-electron chi connectivity index (χ1n) is 8.09. The SMILES string of the molecule is CCOC(=O)[C@H](F)ON1C(=O)N2C[C@@H]1C=C(C)[C@H]2C(=O)NCCS(N)(=O)=O. The van der Waals surface area contributed by atoms with E-state index in [4.69, 9.17) is 9.98 Å². The molecule has 27 heavy (non-hydrogen) atoms. The average molecular weight is 408 g/mol. The summed E-state index contributed by atoms with van der Waals surface area (Å²) < 4.78 is 40.2. The monoisotopic (exact) mass is 408 g/mol. The highest BCUT2D eigenvalue weighted by Crippen LogP contribution is 2.30. The van der Waals surface area contributed by atoms with E-state index in [1.165, 1.54) is 6.92 Å². The minimum Gasteiger partial charge on any atom is -0.462 e. The molecule has 1 fully saturated rings. The van der Waals surface area contributed by atoms with Crippen LogP contribution in [0.15, 0.2) is 11.6 Å². The number of hydrogen-bond acceptors (Lipinski definition) is 7. The smallest absolute Gasteiger partial charge is 0.370 e. The quantitative estimate of drug-likeness (QED) is 0.371. The van der Waals surface area contributed by atoms with Crippen molar-refractivity contribution in [3.63, 3.8) is 0 Å². The molecule has 0 saturated carbocycles. The lowest BCUT2D eigenvalue weighted by Gasteiger charge is -2.29. The number of sulfonamides is 1. The highest BCUT2D eigenvalue weighted by Gasteiger charge is 2.48. The van der Waals surface area contributed by atoms with Crippen LogP contribution in [0.25, 0.3) is 0 Å². The van der Waals surface area contributed by atoms with Crippen LogP contribution in [0, 0.1) is 0 Å². The van der Waals surface area contributed by atoms with Crippen LogP contribution in [-0.4, -0.2) is 80.2 Å². The molecular formula is C14H21FN4O7S. The van der Waals surface area contributed by atoms with Gasteiger partial charge in [0.15, 0.2) is 0 Å². The summed E-state index contributed by atoms with van der Waals surface area (Å²) in [6.07, 6.45) is -0.936. The number of halogens is 1. The van der Waals surface area contributed by atoms with Crippen LogP contribution in [0.5, 0.6) is 0 Å². The topological polar surface area (TPSA) is 148 Å². The molecule has 3 atom stereocenters. The number of urea groups is 1. The van der Waals surface area contributed by atoms with Gasteiger partial charge in [-0.2, -0.15) is 5.06 Å². The summed E-state index contributed by atoms with van der Waals surface area (Å²) in [7, 11) is -3.74. The Bertz CT molecular complexity index is 757. The van der Waals surface area contributed by atoms with E-state index in [9.17, 15) is 27.2 Å². The first-order chi connectivity index (χ1) is 12.5. The third kappa shape index (κ3) is 4.93. The molecular weight excluding hydrogens is 387 g/mol. The third-order valence-corrected chi connectivity index (χ3v) is 4.70. The maximum absolute atomic E-state index is 13.8. The number of carbonyl (C=O) groups is 3. The molecule has 2 bridgehead atoms. The fraction of sp³-hybridized carbons (Fsp3) is 0.643. The first-order valence-corrected chi connectivity index (χ1v) is 9.80. The van der Waals surface area contributed by atoms with Crippen molar-refractivity contribution in [1.29, 1.82) is 0 Å². The maximum atomic E-state index is 13.8. The summed E-state index contributed by atoms with van der Waals surface area (Å²) >= 11 is 0. The Hall–Kier alpha value is -2.25. The second-order valence-corrected chi connectivity index (χ2v) is 7.71. The standard InChI is InChI=1S/C14H21FN4O7S/c1-3-25-13(21)11(15)26-19-9-6-8(2)10(18(7-9)14(19)22)12(20)17-4-5-27(16,23)24/h6,9-11H,3-5,7H2,1-2H3,(H,17,20)(H2,16,23,24)/t9-,10-,11+/m0/s1. The number of nitrogens with zero attached hydrogens (tertiary/aromatic N) is 2. The average Bonchev–Trinajstić information content (AvgIpc) is 2.79. The van der Waals surface area contributed by atoms with Crippen molar-refractivity contribution in [3.05, 3.63) is 11.6 Å². The number of fused-ring (bicyclic) bond motifs is 2. The molecule has 11 nitrogen and oxygen atoms in total. The van der Waals surface area contributed by atoms with Crippen LogP contribution in [0.1, 0.15) is 13.8 Å². The number of ether oxygens (including phenoxy) is 1. The van der Waals surface area contributed by atoms with Gasteiger partial charge < -0.3 is 15.0 Å². The summed E-state index contributed by atoms with van der Waals surface area (Å²) in [4.78, 5) is 42.1. The fourth-order valence-electron chi connectivity index (χ4n) is 2.83. The zero-order chi connectivity index (χ0) is 20.4. The van der Waals surface area contributed by atoms with Crippen molar-refractivity contribution in [1.82, 2.24) is 15.3 Å². The zero-order valence-corrected chi connectivity index (χ0v) is 15.6. The van der Waals surface area contributed by atoms with E-state index in [2.05, 4.69) is 10.1 Å². The van der Waals surface area contributed by atoms with Gasteiger partial charge in [0.1, 0.15) is 6.04 Å². The number of alkyl halides is 1. The molecule has 152 valence electrons. The summed E-state index contributed by atoms with van der Waals surface area (Å²) in [6.45, 7) is 2.86. The predicted octanol–water partition coefficient (Wildman–Crippen LogP) is -1.38. The van der Waals surface area contributed by atoms with Crippen LogP contribution >= 0.6 is 0 Å². The van der Waals surface area contributed by atoms with Crippen molar-refractivity contribution in [2.24, 2.45) is 5.14 Å². The number of nitrogens with one attached hydrogen (secondary N) is 1. The van der Waals surface area contributed by atoms with Crippen molar-refractivity contribution in [3.8, 4) is 0 Å². The van der Waals surface area contributed by atoms with E-state index in [0.29, 0.717) is 10.6 Å². The Morgan fingerprint density at radius 1 is 1.48 bits per heavy atom. The van der Waals surface area contributed by atoms with Crippen LogP contribution < -0.4 is 10.5 Å². The Kier molecular flexibility index (Phi) is 6.38. The highest BCUT2D eigenvalue weighted by atomic mass is 32.2. The Balaban J connectivity index is 2.05. The Morgan fingerprint density at radius 3 is 2.74 bits per heavy atom. The lowest BCUT2D eigenvalue weighted by Crippen LogP contribution is -2.50. The number of hydroxylamine groups is 2. The number of carbonyl (C=O) groups excluding carboxylic acids is 3. The molecule has 2 aliphatic rings. The van der Waals surface area contributed by atoms with E-state index in [1.807, 2.05) is 0 Å². The van der Waals surface area contributed by atoms with Gasteiger partial charge in [0.05, 0.1) is 24.9 Å². The molecule has 0 spiro atoms. The summed E-state index contributed by atoms with van der Waals surface area (Å²) in [5.41, 5.74) is 0.491. The second kappa shape index (κ2) is 8.19. The highest BCUT2D eigenvalue weighted by molar-refractivity contribution is 7.89. The number of amides is 3. The molecule has 3 amide bonds. The van der Waals surface area contributed by atoms with Crippen molar-refractivity contribution >= 4 is 27.9 Å². The lowest BCUT2D eigenvalue weighted by atomic mass is 10.00. The van der Waals surface area contributed by atoms with Crippen molar-refractivity contribution in [2.45, 2.75) is 32.3 Å². The summed E-state index contributed by atoms with van der Waals surface area (Å²) in [6, 6.07) is -2.49. The van der Waals surface area contributed by atoms with E-state index in [1.54, 1.807) is 13.0 Å². The molecule has 2 rings (SSSR count). The van der Waals surface area contributed by atoms with E-state index >= 15 is 0 Å². The number of rotatable bonds is 8. The second-order valence-electron chi connectivity index (χ2n) is 5.97. The Labute approximate surface area is 155 Å². The van der Waals surface area contributed by atoms with Gasteiger partial charge in [0.25, 0.3) is 0 Å². The molecule has 0 aliphatic carbocycles. The minimum absolute atomic E-state index is 0.0407. The van der Waals surface area contributed by atoms with Gasteiger partial charge in [-0.1, -0.05) is 6.08 Å². The van der Waals surface area contributed by atoms with Crippen LogP contribution in [0.3, 0.4) is 0 Å². The van der Waals surface area contributed by atoms with E-state index in [0.717, 1.165) is 4.90 Å². The minimum atomic E-state index is -3.74.